The molecule has 1 aromatic heterocycles. The van der Waals surface area contributed by atoms with Gasteiger partial charge in [-0.15, -0.1) is 10.2 Å². The van der Waals surface area contributed by atoms with Crippen molar-refractivity contribution in [2.45, 2.75) is 10.9 Å². The van der Waals surface area contributed by atoms with Crippen LogP contribution in [0.1, 0.15) is 5.56 Å². The van der Waals surface area contributed by atoms with Crippen molar-refractivity contribution in [3.63, 3.8) is 0 Å². The third-order valence-corrected chi connectivity index (χ3v) is 5.61. The molecule has 3 nitrogen and oxygen atoms in total. The van der Waals surface area contributed by atoms with Crippen LogP contribution in [0.5, 0.6) is 0 Å². The molecule has 0 saturated heterocycles. The first-order valence-corrected chi connectivity index (χ1v) is 10.2. The normalized spacial score (nSPS) is 11.0. The van der Waals surface area contributed by atoms with E-state index in [-0.39, 0.29) is 5.82 Å². The Morgan fingerprint density at radius 3 is 2.04 bits per heavy atom. The van der Waals surface area contributed by atoms with Gasteiger partial charge in [0, 0.05) is 27.0 Å². The maximum atomic E-state index is 13.1. The molecule has 4 aromatic rings. The zero-order valence-electron chi connectivity index (χ0n) is 14.5. The summed E-state index contributed by atoms with van der Waals surface area (Å²) in [4.78, 5) is 0. The molecule has 0 amide bonds. The average molecular weight is 430 g/mol. The SMILES string of the molecule is Fc1ccc(CSc2nnc(-c3ccc(Cl)cc3)n2-c2ccc(Cl)cc2)cc1. The second-order valence-corrected chi connectivity index (χ2v) is 7.86. The Morgan fingerprint density at radius 1 is 0.786 bits per heavy atom. The van der Waals surface area contributed by atoms with Crippen molar-refractivity contribution < 1.29 is 4.39 Å². The van der Waals surface area contributed by atoms with E-state index in [9.17, 15) is 4.39 Å². The van der Waals surface area contributed by atoms with Crippen LogP contribution < -0.4 is 0 Å². The number of thioether (sulfide) groups is 1. The number of halogens is 3. The summed E-state index contributed by atoms with van der Waals surface area (Å²) in [6, 6.07) is 21.4. The highest BCUT2D eigenvalue weighted by atomic mass is 35.5. The van der Waals surface area contributed by atoms with Gasteiger partial charge in [0.2, 0.25) is 0 Å². The first kappa shape index (κ1) is 19.0. The van der Waals surface area contributed by atoms with Crippen LogP contribution in [0.3, 0.4) is 0 Å². The van der Waals surface area contributed by atoms with Crippen LogP contribution in [0, 0.1) is 5.82 Å². The number of nitrogens with zero attached hydrogens (tertiary/aromatic N) is 3. The highest BCUT2D eigenvalue weighted by Crippen LogP contribution is 2.30. The van der Waals surface area contributed by atoms with Gasteiger partial charge in [0.05, 0.1) is 0 Å². The average Bonchev–Trinajstić information content (AvgIpc) is 3.13. The highest BCUT2D eigenvalue weighted by molar-refractivity contribution is 7.98. The molecule has 0 atom stereocenters. The molecule has 1 heterocycles. The predicted octanol–water partition coefficient (Wildman–Crippen LogP) is 6.67. The Balaban J connectivity index is 1.72. The quantitative estimate of drug-likeness (QED) is 0.331. The fraction of sp³-hybridized carbons (Fsp3) is 0.0476. The molecular weight excluding hydrogens is 416 g/mol. The zero-order chi connectivity index (χ0) is 19.5. The van der Waals surface area contributed by atoms with Gasteiger partial charge in [-0.1, -0.05) is 47.1 Å². The first-order valence-electron chi connectivity index (χ1n) is 8.45. The maximum absolute atomic E-state index is 13.1. The molecule has 4 rings (SSSR count). The molecule has 7 heteroatoms. The Hall–Kier alpha value is -2.34. The highest BCUT2D eigenvalue weighted by Gasteiger charge is 2.16. The summed E-state index contributed by atoms with van der Waals surface area (Å²) in [6.45, 7) is 0. The largest absolute Gasteiger partial charge is 0.270 e. The molecule has 0 unspecified atom stereocenters. The summed E-state index contributed by atoms with van der Waals surface area (Å²) in [7, 11) is 0. The van der Waals surface area contributed by atoms with E-state index in [4.69, 9.17) is 23.2 Å². The van der Waals surface area contributed by atoms with Crippen LogP contribution in [-0.2, 0) is 5.75 Å². The second-order valence-electron chi connectivity index (χ2n) is 6.04. The van der Waals surface area contributed by atoms with E-state index in [0.717, 1.165) is 22.0 Å². The van der Waals surface area contributed by atoms with Crippen molar-refractivity contribution in [1.29, 1.82) is 0 Å². The zero-order valence-corrected chi connectivity index (χ0v) is 16.8. The van der Waals surface area contributed by atoms with E-state index in [0.29, 0.717) is 21.6 Å². The number of hydrogen-bond donors (Lipinski definition) is 0. The molecule has 0 aliphatic carbocycles. The van der Waals surface area contributed by atoms with Gasteiger partial charge in [0.15, 0.2) is 11.0 Å². The van der Waals surface area contributed by atoms with Gasteiger partial charge in [-0.25, -0.2) is 4.39 Å². The van der Waals surface area contributed by atoms with Gasteiger partial charge in [-0.2, -0.15) is 0 Å². The molecule has 0 N–H and O–H groups in total. The minimum absolute atomic E-state index is 0.247. The standard InChI is InChI=1S/C21H14Cl2FN3S/c22-16-5-3-15(4-6-16)20-25-26-21(27(20)19-11-7-17(23)8-12-19)28-13-14-1-9-18(24)10-2-14/h1-12H,13H2. The lowest BCUT2D eigenvalue weighted by Gasteiger charge is -2.11. The molecule has 0 aliphatic rings. The number of benzene rings is 3. The molecule has 3 aromatic carbocycles. The topological polar surface area (TPSA) is 30.7 Å². The number of aromatic nitrogens is 3. The summed E-state index contributed by atoms with van der Waals surface area (Å²) in [6.07, 6.45) is 0. The second kappa shape index (κ2) is 8.35. The smallest absolute Gasteiger partial charge is 0.196 e. The Bertz CT molecular complexity index is 1080. The molecule has 0 radical (unpaired) electrons. The third-order valence-electron chi connectivity index (χ3n) is 4.10. The van der Waals surface area contributed by atoms with Crippen molar-refractivity contribution in [1.82, 2.24) is 14.8 Å². The Morgan fingerprint density at radius 2 is 1.39 bits per heavy atom. The summed E-state index contributed by atoms with van der Waals surface area (Å²) in [5.74, 6) is 1.11. The summed E-state index contributed by atoms with van der Waals surface area (Å²) in [5, 5.41) is 10.8. The van der Waals surface area contributed by atoms with E-state index >= 15 is 0 Å². The summed E-state index contributed by atoms with van der Waals surface area (Å²) < 4.78 is 15.1. The van der Waals surface area contributed by atoms with E-state index < -0.39 is 0 Å². The van der Waals surface area contributed by atoms with Crippen molar-refractivity contribution in [3.8, 4) is 17.1 Å². The molecular formula is C21H14Cl2FN3S. The lowest BCUT2D eigenvalue weighted by atomic mass is 10.2. The fourth-order valence-corrected chi connectivity index (χ4v) is 3.86. The fourth-order valence-electron chi connectivity index (χ4n) is 2.70. The van der Waals surface area contributed by atoms with Crippen LogP contribution in [0.4, 0.5) is 4.39 Å². The van der Waals surface area contributed by atoms with Crippen LogP contribution in [0.2, 0.25) is 10.0 Å². The molecule has 0 bridgehead atoms. The van der Waals surface area contributed by atoms with Crippen LogP contribution in [0.15, 0.2) is 78.0 Å². The monoisotopic (exact) mass is 429 g/mol. The minimum Gasteiger partial charge on any atom is -0.270 e. The summed E-state index contributed by atoms with van der Waals surface area (Å²) in [5.41, 5.74) is 2.81. The van der Waals surface area contributed by atoms with Crippen LogP contribution >= 0.6 is 35.0 Å². The number of hydrogen-bond acceptors (Lipinski definition) is 3. The van der Waals surface area contributed by atoms with Gasteiger partial charge in [0.1, 0.15) is 5.82 Å². The van der Waals surface area contributed by atoms with E-state index in [1.165, 1.54) is 23.9 Å². The van der Waals surface area contributed by atoms with Crippen LogP contribution in [-0.4, -0.2) is 14.8 Å². The van der Waals surface area contributed by atoms with Gasteiger partial charge < -0.3 is 0 Å². The van der Waals surface area contributed by atoms with Gasteiger partial charge in [-0.05, 0) is 66.2 Å². The number of rotatable bonds is 5. The predicted molar refractivity (Wildman–Crippen MR) is 113 cm³/mol. The Labute approximate surface area is 176 Å². The van der Waals surface area contributed by atoms with Crippen molar-refractivity contribution in [2.24, 2.45) is 0 Å². The van der Waals surface area contributed by atoms with Crippen molar-refractivity contribution in [2.75, 3.05) is 0 Å². The van der Waals surface area contributed by atoms with E-state index in [1.807, 2.05) is 53.1 Å². The lowest BCUT2D eigenvalue weighted by molar-refractivity contribution is 0.627. The van der Waals surface area contributed by atoms with E-state index in [2.05, 4.69) is 10.2 Å². The summed E-state index contributed by atoms with van der Waals surface area (Å²) >= 11 is 13.6. The van der Waals surface area contributed by atoms with Gasteiger partial charge >= 0.3 is 0 Å². The lowest BCUT2D eigenvalue weighted by Crippen LogP contribution is -1.99. The Kier molecular flexibility index (Phi) is 5.67. The molecule has 0 aliphatic heterocycles. The molecule has 28 heavy (non-hydrogen) atoms. The molecule has 140 valence electrons. The van der Waals surface area contributed by atoms with Crippen molar-refractivity contribution >= 4 is 35.0 Å². The first-order chi connectivity index (χ1) is 13.6. The third kappa shape index (κ3) is 4.22. The van der Waals surface area contributed by atoms with Crippen molar-refractivity contribution in [3.05, 3.63) is 94.2 Å². The van der Waals surface area contributed by atoms with Crippen LogP contribution in [0.25, 0.3) is 17.1 Å². The minimum atomic E-state index is -0.247. The molecule has 0 fully saturated rings. The van der Waals surface area contributed by atoms with Gasteiger partial charge in [-0.3, -0.25) is 4.57 Å². The van der Waals surface area contributed by atoms with E-state index in [1.54, 1.807) is 12.1 Å². The molecule has 0 spiro atoms. The molecule has 0 saturated carbocycles. The maximum Gasteiger partial charge on any atom is 0.196 e. The van der Waals surface area contributed by atoms with Gasteiger partial charge in [0.25, 0.3) is 0 Å².